The van der Waals surface area contributed by atoms with Crippen molar-refractivity contribution in [3.05, 3.63) is 58.1 Å². The highest BCUT2D eigenvalue weighted by Crippen LogP contribution is 2.31. The van der Waals surface area contributed by atoms with E-state index < -0.39 is 5.91 Å². The van der Waals surface area contributed by atoms with Gasteiger partial charge >= 0.3 is 0 Å². The summed E-state index contributed by atoms with van der Waals surface area (Å²) in [6.07, 6.45) is 4.61. The Morgan fingerprint density at radius 3 is 2.65 bits per heavy atom. The van der Waals surface area contributed by atoms with Crippen LogP contribution in [0.1, 0.15) is 18.9 Å². The minimum atomic E-state index is -0.403. The maximum atomic E-state index is 12.1. The molecule has 0 radical (unpaired) electrons. The van der Waals surface area contributed by atoms with E-state index in [0.717, 1.165) is 11.1 Å². The van der Waals surface area contributed by atoms with Gasteiger partial charge in [-0.1, -0.05) is 41.5 Å². The van der Waals surface area contributed by atoms with Crippen LogP contribution < -0.4 is 0 Å². The van der Waals surface area contributed by atoms with Gasteiger partial charge in [-0.3, -0.25) is 9.59 Å². The second-order valence-electron chi connectivity index (χ2n) is 5.19. The largest absolute Gasteiger partial charge is 0.324 e. The van der Waals surface area contributed by atoms with Crippen LogP contribution in [0.5, 0.6) is 0 Å². The molecular weight excluding hydrogens is 274 g/mol. The van der Waals surface area contributed by atoms with E-state index in [-0.39, 0.29) is 11.8 Å². The third-order valence-corrected chi connectivity index (χ3v) is 4.02. The van der Waals surface area contributed by atoms with E-state index in [1.807, 2.05) is 25.1 Å². The van der Waals surface area contributed by atoms with E-state index >= 15 is 0 Å². The number of likely N-dealkylation sites (tertiary alicyclic amines) is 1. The molecule has 1 aliphatic carbocycles. The number of nitrogens with zero attached hydrogens (tertiary/aromatic N) is 1. The number of hydrogen-bond donors (Lipinski definition) is 0. The van der Waals surface area contributed by atoms with Crippen molar-refractivity contribution in [2.45, 2.75) is 25.9 Å². The van der Waals surface area contributed by atoms with E-state index in [9.17, 15) is 9.59 Å². The molecule has 1 fully saturated rings. The molecular formula is C16H14ClNO2. The molecule has 0 N–H and O–H groups in total. The van der Waals surface area contributed by atoms with Gasteiger partial charge in [0.05, 0.1) is 6.04 Å². The number of Topliss-reactive ketones (excluding diaryl/α,β-unsaturated/α-hetero) is 1. The van der Waals surface area contributed by atoms with Crippen LogP contribution in [0.2, 0.25) is 5.02 Å². The van der Waals surface area contributed by atoms with Crippen molar-refractivity contribution in [2.24, 2.45) is 0 Å². The summed E-state index contributed by atoms with van der Waals surface area (Å²) >= 11 is 5.86. The molecule has 1 unspecified atom stereocenters. The predicted molar refractivity (Wildman–Crippen MR) is 77.3 cm³/mol. The Bertz CT molecular complexity index is 643. The summed E-state index contributed by atoms with van der Waals surface area (Å²) in [4.78, 5) is 25.8. The van der Waals surface area contributed by atoms with Crippen LogP contribution in [0.3, 0.4) is 0 Å². The van der Waals surface area contributed by atoms with Gasteiger partial charge in [0.1, 0.15) is 0 Å². The summed E-state index contributed by atoms with van der Waals surface area (Å²) in [6.45, 7) is 2.39. The normalized spacial score (nSPS) is 21.7. The van der Waals surface area contributed by atoms with Gasteiger partial charge in [-0.05, 0) is 31.0 Å². The minimum Gasteiger partial charge on any atom is -0.324 e. The number of amides is 1. The Hall–Kier alpha value is -1.87. The summed E-state index contributed by atoms with van der Waals surface area (Å²) in [5, 5.41) is 0.661. The fraction of sp³-hybridized carbons (Fsp3) is 0.250. The quantitative estimate of drug-likeness (QED) is 0.784. The number of benzene rings is 1. The standard InChI is InChI=1S/C16H14ClNO2/c1-10-2-7-14-13(8-10)15(19)16(20)18(14)9-11-3-5-12(17)6-4-11/h2-6,8,14H,7,9H2,1H3. The van der Waals surface area contributed by atoms with E-state index in [1.54, 1.807) is 17.0 Å². The van der Waals surface area contributed by atoms with Crippen LogP contribution in [0.25, 0.3) is 0 Å². The Labute approximate surface area is 122 Å². The molecule has 4 heteroatoms. The zero-order chi connectivity index (χ0) is 14.3. The molecule has 3 nitrogen and oxygen atoms in total. The highest BCUT2D eigenvalue weighted by Gasteiger charge is 2.42. The summed E-state index contributed by atoms with van der Waals surface area (Å²) in [5.74, 6) is -0.768. The van der Waals surface area contributed by atoms with Crippen molar-refractivity contribution in [3.63, 3.8) is 0 Å². The zero-order valence-electron chi connectivity index (χ0n) is 11.1. The molecule has 1 aromatic carbocycles. The molecule has 0 spiro atoms. The Morgan fingerprint density at radius 1 is 1.25 bits per heavy atom. The van der Waals surface area contributed by atoms with Crippen molar-refractivity contribution >= 4 is 23.3 Å². The number of ketones is 1. The molecule has 1 saturated heterocycles. The molecule has 0 saturated carbocycles. The second-order valence-corrected chi connectivity index (χ2v) is 5.62. The van der Waals surface area contributed by atoms with Gasteiger partial charge in [0, 0.05) is 17.1 Å². The number of rotatable bonds is 2. The summed E-state index contributed by atoms with van der Waals surface area (Å²) in [5.41, 5.74) is 2.65. The average molecular weight is 288 g/mol. The number of carbonyl (C=O) groups is 2. The molecule has 0 bridgehead atoms. The lowest BCUT2D eigenvalue weighted by Gasteiger charge is -2.25. The fourth-order valence-corrected chi connectivity index (χ4v) is 2.83. The molecule has 102 valence electrons. The number of carbonyl (C=O) groups excluding carboxylic acids is 2. The summed E-state index contributed by atoms with van der Waals surface area (Å²) in [7, 11) is 0. The highest BCUT2D eigenvalue weighted by molar-refractivity contribution is 6.45. The topological polar surface area (TPSA) is 37.4 Å². The third kappa shape index (κ3) is 2.18. The molecule has 20 heavy (non-hydrogen) atoms. The number of allylic oxidation sites excluding steroid dienone is 2. The Morgan fingerprint density at radius 2 is 1.95 bits per heavy atom. The number of hydrogen-bond acceptors (Lipinski definition) is 2. The number of fused-ring (bicyclic) bond motifs is 1. The summed E-state index contributed by atoms with van der Waals surface area (Å²) < 4.78 is 0. The summed E-state index contributed by atoms with van der Waals surface area (Å²) in [6, 6.07) is 7.23. The maximum absolute atomic E-state index is 12.1. The fourth-order valence-electron chi connectivity index (χ4n) is 2.70. The molecule has 1 aliphatic heterocycles. The Balaban J connectivity index is 1.87. The monoisotopic (exact) mass is 287 g/mol. The van der Waals surface area contributed by atoms with Crippen LogP contribution in [0.15, 0.2) is 47.6 Å². The smallest absolute Gasteiger partial charge is 0.295 e. The first-order valence-corrected chi connectivity index (χ1v) is 6.92. The van der Waals surface area contributed by atoms with Gasteiger partial charge in [0.15, 0.2) is 0 Å². The Kier molecular flexibility index (Phi) is 3.22. The van der Waals surface area contributed by atoms with E-state index in [1.165, 1.54) is 0 Å². The van der Waals surface area contributed by atoms with Gasteiger partial charge in [-0.2, -0.15) is 0 Å². The maximum Gasteiger partial charge on any atom is 0.295 e. The van der Waals surface area contributed by atoms with Crippen LogP contribution in [0, 0.1) is 0 Å². The zero-order valence-corrected chi connectivity index (χ0v) is 11.9. The van der Waals surface area contributed by atoms with Crippen LogP contribution in [-0.4, -0.2) is 22.6 Å². The average Bonchev–Trinajstić information content (AvgIpc) is 2.66. The van der Waals surface area contributed by atoms with Crippen LogP contribution in [-0.2, 0) is 16.1 Å². The van der Waals surface area contributed by atoms with Gasteiger partial charge in [-0.15, -0.1) is 0 Å². The molecule has 1 atom stereocenters. The molecule has 0 aromatic heterocycles. The van der Waals surface area contributed by atoms with Crippen molar-refractivity contribution in [1.29, 1.82) is 0 Å². The van der Waals surface area contributed by atoms with Crippen LogP contribution >= 0.6 is 11.6 Å². The molecule has 2 aliphatic rings. The third-order valence-electron chi connectivity index (χ3n) is 3.76. The lowest BCUT2D eigenvalue weighted by atomic mass is 9.95. The number of halogens is 1. The highest BCUT2D eigenvalue weighted by atomic mass is 35.5. The van der Waals surface area contributed by atoms with Crippen molar-refractivity contribution in [1.82, 2.24) is 4.90 Å². The van der Waals surface area contributed by atoms with Gasteiger partial charge in [0.2, 0.25) is 5.78 Å². The lowest BCUT2D eigenvalue weighted by Crippen LogP contribution is -2.33. The molecule has 1 heterocycles. The molecule has 1 amide bonds. The lowest BCUT2D eigenvalue weighted by molar-refractivity contribution is -0.140. The van der Waals surface area contributed by atoms with Gasteiger partial charge in [0.25, 0.3) is 5.91 Å². The van der Waals surface area contributed by atoms with Crippen molar-refractivity contribution in [3.8, 4) is 0 Å². The van der Waals surface area contributed by atoms with E-state index in [4.69, 9.17) is 11.6 Å². The second kappa shape index (κ2) is 4.91. The first kappa shape index (κ1) is 13.1. The SMILES string of the molecule is CC1=CCC2C(=C1)C(=O)C(=O)N2Cc1ccc(Cl)cc1. The van der Waals surface area contributed by atoms with Crippen LogP contribution in [0.4, 0.5) is 0 Å². The first-order chi connectivity index (χ1) is 9.56. The van der Waals surface area contributed by atoms with Gasteiger partial charge < -0.3 is 4.90 Å². The minimum absolute atomic E-state index is 0.116. The van der Waals surface area contributed by atoms with Gasteiger partial charge in [-0.25, -0.2) is 0 Å². The van der Waals surface area contributed by atoms with Crippen molar-refractivity contribution < 1.29 is 9.59 Å². The molecule has 3 rings (SSSR count). The van der Waals surface area contributed by atoms with E-state index in [2.05, 4.69) is 6.08 Å². The van der Waals surface area contributed by atoms with E-state index in [0.29, 0.717) is 23.6 Å². The predicted octanol–water partition coefficient (Wildman–Crippen LogP) is 2.90. The molecule has 1 aromatic rings. The first-order valence-electron chi connectivity index (χ1n) is 6.54. The van der Waals surface area contributed by atoms with Crippen molar-refractivity contribution in [2.75, 3.05) is 0 Å².